The van der Waals surface area contributed by atoms with Gasteiger partial charge in [-0.05, 0) is 43.2 Å². The molecule has 1 aromatic carbocycles. The van der Waals surface area contributed by atoms with E-state index in [0.29, 0.717) is 18.4 Å². The first kappa shape index (κ1) is 16.0. The maximum absolute atomic E-state index is 6.11. The average Bonchev–Trinajstić information content (AvgIpc) is 3.31. The molecule has 3 aromatic rings. The second-order valence-corrected chi connectivity index (χ2v) is 7.85. The van der Waals surface area contributed by atoms with Crippen LogP contribution < -0.4 is 0 Å². The Labute approximate surface area is 152 Å². The van der Waals surface area contributed by atoms with Gasteiger partial charge in [0.15, 0.2) is 0 Å². The van der Waals surface area contributed by atoms with E-state index in [1.54, 1.807) is 0 Å². The van der Waals surface area contributed by atoms with E-state index in [-0.39, 0.29) is 5.41 Å². The van der Waals surface area contributed by atoms with Crippen LogP contribution in [0.3, 0.4) is 0 Å². The molecule has 2 saturated heterocycles. The first-order chi connectivity index (χ1) is 12.5. The van der Waals surface area contributed by atoms with Gasteiger partial charge in [0, 0.05) is 31.3 Å². The molecule has 4 heterocycles. The summed E-state index contributed by atoms with van der Waals surface area (Å²) in [5, 5.41) is 9.52. The number of ether oxygens (including phenoxy) is 1. The van der Waals surface area contributed by atoms with Gasteiger partial charge in [0.25, 0.3) is 0 Å². The fraction of sp³-hybridized carbons (Fsp3) is 0.500. The Hall–Kier alpha value is -2.18. The Kier molecular flexibility index (Phi) is 3.49. The first-order valence-electron chi connectivity index (χ1n) is 9.14. The number of nitrogens with zero attached hydrogens (tertiary/aromatic N) is 3. The van der Waals surface area contributed by atoms with Gasteiger partial charge in [-0.3, -0.25) is 4.90 Å². The largest absolute Gasteiger partial charge is 0.460 e. The molecule has 2 aliphatic heterocycles. The Morgan fingerprint density at radius 1 is 1.12 bits per heavy atom. The lowest BCUT2D eigenvalue weighted by Gasteiger charge is -2.22. The number of hydrogen-bond donors (Lipinski definition) is 0. The number of hydrogen-bond acceptors (Lipinski definition) is 6. The molecule has 6 heteroatoms. The van der Waals surface area contributed by atoms with Crippen molar-refractivity contribution in [3.05, 3.63) is 46.9 Å². The van der Waals surface area contributed by atoms with Gasteiger partial charge in [-0.15, -0.1) is 10.2 Å². The summed E-state index contributed by atoms with van der Waals surface area (Å²) in [4.78, 5) is 2.42. The van der Waals surface area contributed by atoms with Crippen molar-refractivity contribution in [2.24, 2.45) is 5.92 Å². The number of likely N-dealkylation sites (tertiary alicyclic amines) is 1. The van der Waals surface area contributed by atoms with Crippen LogP contribution in [0.2, 0.25) is 0 Å². The van der Waals surface area contributed by atoms with E-state index >= 15 is 0 Å². The molecule has 2 atom stereocenters. The van der Waals surface area contributed by atoms with Crippen LogP contribution in [0.5, 0.6) is 0 Å². The maximum atomic E-state index is 6.11. The van der Waals surface area contributed by atoms with Crippen LogP contribution >= 0.6 is 0 Å². The van der Waals surface area contributed by atoms with E-state index in [1.165, 1.54) is 16.5 Å². The number of aromatic nitrogens is 2. The minimum absolute atomic E-state index is 0.180. The molecular weight excluding hydrogens is 330 g/mol. The minimum atomic E-state index is -0.180. The molecule has 0 saturated carbocycles. The molecule has 2 fully saturated rings. The van der Waals surface area contributed by atoms with Gasteiger partial charge in [0.1, 0.15) is 11.3 Å². The predicted molar refractivity (Wildman–Crippen MR) is 96.0 cm³/mol. The lowest BCUT2D eigenvalue weighted by Crippen LogP contribution is -2.35. The molecule has 2 aromatic heterocycles. The van der Waals surface area contributed by atoms with Crippen LogP contribution in [0, 0.1) is 26.7 Å². The SMILES string of the molecule is Cc1nnc([C@@]23COC[C@@H]2CN(Cc2cc4cc(C)c(C)cc4o2)C3)o1. The third-order valence-electron chi connectivity index (χ3n) is 5.96. The van der Waals surface area contributed by atoms with Crippen molar-refractivity contribution in [1.82, 2.24) is 15.1 Å². The molecule has 0 spiro atoms. The third-order valence-corrected chi connectivity index (χ3v) is 5.96. The van der Waals surface area contributed by atoms with E-state index in [2.05, 4.69) is 47.1 Å². The highest BCUT2D eigenvalue weighted by Gasteiger charge is 2.55. The second-order valence-electron chi connectivity index (χ2n) is 7.85. The lowest BCUT2D eigenvalue weighted by molar-refractivity contribution is 0.138. The number of benzene rings is 1. The van der Waals surface area contributed by atoms with Gasteiger partial charge in [-0.1, -0.05) is 0 Å². The molecule has 0 N–H and O–H groups in total. The van der Waals surface area contributed by atoms with Crippen LogP contribution in [0.4, 0.5) is 0 Å². The molecule has 0 aliphatic carbocycles. The van der Waals surface area contributed by atoms with E-state index in [0.717, 1.165) is 43.5 Å². The monoisotopic (exact) mass is 353 g/mol. The standard InChI is InChI=1S/C20H23N3O3/c1-12-4-15-6-17(26-18(15)5-13(12)2)8-23-7-16-9-24-11-20(16,10-23)19-22-21-14(3)25-19/h4-6,16H,7-11H2,1-3H3/t16-,20-/m0/s1. The summed E-state index contributed by atoms with van der Waals surface area (Å²) < 4.78 is 17.7. The zero-order valence-electron chi connectivity index (χ0n) is 15.4. The smallest absolute Gasteiger partial charge is 0.226 e. The molecule has 26 heavy (non-hydrogen) atoms. The van der Waals surface area contributed by atoms with Crippen molar-refractivity contribution in [3.8, 4) is 0 Å². The van der Waals surface area contributed by atoms with Gasteiger partial charge in [0.2, 0.25) is 11.8 Å². The average molecular weight is 353 g/mol. The Morgan fingerprint density at radius 3 is 2.77 bits per heavy atom. The molecular formula is C20H23N3O3. The summed E-state index contributed by atoms with van der Waals surface area (Å²) in [6.07, 6.45) is 0. The first-order valence-corrected chi connectivity index (χ1v) is 9.14. The topological polar surface area (TPSA) is 64.5 Å². The summed E-state index contributed by atoms with van der Waals surface area (Å²) in [5.41, 5.74) is 3.34. The molecule has 0 radical (unpaired) electrons. The van der Waals surface area contributed by atoms with Gasteiger partial charge in [0.05, 0.1) is 25.2 Å². The van der Waals surface area contributed by atoms with Crippen LogP contribution in [0.25, 0.3) is 11.0 Å². The zero-order chi connectivity index (χ0) is 17.9. The van der Waals surface area contributed by atoms with E-state index < -0.39 is 0 Å². The quantitative estimate of drug-likeness (QED) is 0.721. The molecule has 0 bridgehead atoms. The van der Waals surface area contributed by atoms with Crippen molar-refractivity contribution in [2.75, 3.05) is 26.3 Å². The highest BCUT2D eigenvalue weighted by atomic mass is 16.5. The number of fused-ring (bicyclic) bond motifs is 2. The van der Waals surface area contributed by atoms with Crippen molar-refractivity contribution in [2.45, 2.75) is 32.7 Å². The van der Waals surface area contributed by atoms with E-state index in [4.69, 9.17) is 13.6 Å². The predicted octanol–water partition coefficient (Wildman–Crippen LogP) is 3.14. The summed E-state index contributed by atoms with van der Waals surface area (Å²) in [6.45, 7) is 10.1. The van der Waals surface area contributed by atoms with Gasteiger partial charge in [-0.2, -0.15) is 0 Å². The summed E-state index contributed by atoms with van der Waals surface area (Å²) >= 11 is 0. The lowest BCUT2D eigenvalue weighted by atomic mass is 9.81. The van der Waals surface area contributed by atoms with Crippen LogP contribution in [-0.4, -0.2) is 41.4 Å². The Bertz CT molecular complexity index is 937. The summed E-state index contributed by atoms with van der Waals surface area (Å²) in [7, 11) is 0. The summed E-state index contributed by atoms with van der Waals surface area (Å²) in [5.74, 6) is 2.72. The molecule has 0 amide bonds. The minimum Gasteiger partial charge on any atom is -0.460 e. The Balaban J connectivity index is 1.41. The molecule has 2 aliphatic rings. The fourth-order valence-corrected chi connectivity index (χ4v) is 4.42. The molecule has 6 nitrogen and oxygen atoms in total. The highest BCUT2D eigenvalue weighted by Crippen LogP contribution is 2.43. The molecule has 0 unspecified atom stereocenters. The molecule has 136 valence electrons. The van der Waals surface area contributed by atoms with E-state index in [1.807, 2.05) is 6.92 Å². The fourth-order valence-electron chi connectivity index (χ4n) is 4.42. The van der Waals surface area contributed by atoms with Gasteiger partial charge >= 0.3 is 0 Å². The number of aryl methyl sites for hydroxylation is 3. The van der Waals surface area contributed by atoms with Crippen molar-refractivity contribution >= 4 is 11.0 Å². The number of rotatable bonds is 3. The van der Waals surface area contributed by atoms with E-state index in [9.17, 15) is 0 Å². The normalized spacial score (nSPS) is 26.0. The molecule has 5 rings (SSSR count). The maximum Gasteiger partial charge on any atom is 0.226 e. The van der Waals surface area contributed by atoms with Crippen molar-refractivity contribution in [1.29, 1.82) is 0 Å². The zero-order valence-corrected chi connectivity index (χ0v) is 15.4. The van der Waals surface area contributed by atoms with Crippen molar-refractivity contribution in [3.63, 3.8) is 0 Å². The van der Waals surface area contributed by atoms with Crippen LogP contribution in [0.1, 0.15) is 28.7 Å². The Morgan fingerprint density at radius 2 is 1.96 bits per heavy atom. The van der Waals surface area contributed by atoms with Gasteiger partial charge < -0.3 is 13.6 Å². The van der Waals surface area contributed by atoms with Crippen molar-refractivity contribution < 1.29 is 13.6 Å². The highest BCUT2D eigenvalue weighted by molar-refractivity contribution is 5.79. The van der Waals surface area contributed by atoms with Crippen LogP contribution in [0.15, 0.2) is 27.0 Å². The van der Waals surface area contributed by atoms with Gasteiger partial charge in [-0.25, -0.2) is 0 Å². The summed E-state index contributed by atoms with van der Waals surface area (Å²) in [6, 6.07) is 6.49. The second kappa shape index (κ2) is 5.66. The third kappa shape index (κ3) is 2.40. The van der Waals surface area contributed by atoms with Crippen LogP contribution in [-0.2, 0) is 16.7 Å². The number of furan rings is 1.